The maximum Gasteiger partial charge on any atom is 0.131 e. The third-order valence-corrected chi connectivity index (χ3v) is 6.94. The van der Waals surface area contributed by atoms with Crippen LogP contribution in [0.3, 0.4) is 0 Å². The Balaban J connectivity index is 1.40. The molecule has 0 atom stereocenters. The lowest BCUT2D eigenvalue weighted by Crippen LogP contribution is -1.91. The Kier molecular flexibility index (Phi) is 8.72. The second-order valence-corrected chi connectivity index (χ2v) is 10.2. The van der Waals surface area contributed by atoms with Crippen LogP contribution in [0.2, 0.25) is 0 Å². The van der Waals surface area contributed by atoms with Crippen LogP contribution >= 0.6 is 0 Å². The van der Waals surface area contributed by atoms with Gasteiger partial charge < -0.3 is 14.2 Å². The molecule has 6 heteroatoms. The summed E-state index contributed by atoms with van der Waals surface area (Å²) in [4.78, 5) is 0. The number of nitrogens with zero attached hydrogens (tertiary/aromatic N) is 3. The van der Waals surface area contributed by atoms with Crippen LogP contribution in [0.4, 0.5) is 0 Å². The molecule has 0 unspecified atom stereocenters. The van der Waals surface area contributed by atoms with Gasteiger partial charge >= 0.3 is 0 Å². The highest BCUT2D eigenvalue weighted by Crippen LogP contribution is 2.33. The monoisotopic (exact) mass is 573 g/mol. The average molecular weight is 574 g/mol. The fourth-order valence-electron chi connectivity index (χ4n) is 4.45. The van der Waals surface area contributed by atoms with E-state index in [4.69, 9.17) is 14.2 Å². The van der Waals surface area contributed by atoms with E-state index in [9.17, 15) is 15.8 Å². The first-order valence-corrected chi connectivity index (χ1v) is 13.8. The van der Waals surface area contributed by atoms with Gasteiger partial charge in [0.1, 0.15) is 34.5 Å². The van der Waals surface area contributed by atoms with E-state index in [2.05, 4.69) is 18.2 Å². The van der Waals surface area contributed by atoms with E-state index >= 15 is 0 Å². The van der Waals surface area contributed by atoms with Gasteiger partial charge in [-0.2, -0.15) is 15.8 Å². The fourth-order valence-corrected chi connectivity index (χ4v) is 4.45. The van der Waals surface area contributed by atoms with Crippen molar-refractivity contribution in [2.45, 2.75) is 20.8 Å². The van der Waals surface area contributed by atoms with Crippen molar-refractivity contribution in [3.8, 4) is 52.7 Å². The number of rotatable bonds is 8. The lowest BCUT2D eigenvalue weighted by atomic mass is 10.1. The normalized spacial score (nSPS) is 10.5. The molecule has 0 aliphatic carbocycles. The summed E-state index contributed by atoms with van der Waals surface area (Å²) in [6.07, 6.45) is 3.92. The Morgan fingerprint density at radius 3 is 1.39 bits per heavy atom. The highest BCUT2D eigenvalue weighted by atomic mass is 16.5. The lowest BCUT2D eigenvalue weighted by molar-refractivity contribution is 0.460. The number of aryl methyl sites for hydroxylation is 3. The summed E-state index contributed by atoms with van der Waals surface area (Å²) in [5.74, 6) is 3.50. The molecular formula is C38H27N3O3. The number of ether oxygens (including phenoxy) is 3. The van der Waals surface area contributed by atoms with Crippen molar-refractivity contribution in [3.63, 3.8) is 0 Å². The maximum absolute atomic E-state index is 9.45. The van der Waals surface area contributed by atoms with E-state index < -0.39 is 0 Å². The van der Waals surface area contributed by atoms with E-state index in [1.165, 1.54) is 0 Å². The van der Waals surface area contributed by atoms with Crippen LogP contribution in [0.15, 0.2) is 97.1 Å². The zero-order valence-electron chi connectivity index (χ0n) is 24.5. The zero-order chi connectivity index (χ0) is 31.1. The second kappa shape index (κ2) is 13.1. The Morgan fingerprint density at radius 2 is 0.864 bits per heavy atom. The molecule has 0 aromatic heterocycles. The third-order valence-electron chi connectivity index (χ3n) is 6.94. The van der Waals surface area contributed by atoms with E-state index in [0.29, 0.717) is 51.2 Å². The molecule has 5 aromatic carbocycles. The zero-order valence-corrected chi connectivity index (χ0v) is 24.5. The molecule has 0 amide bonds. The first kappa shape index (κ1) is 29.2. The molecule has 0 aliphatic rings. The average Bonchev–Trinajstić information content (AvgIpc) is 3.02. The molecule has 0 saturated heterocycles. The molecule has 0 radical (unpaired) electrons. The second-order valence-electron chi connectivity index (χ2n) is 10.2. The summed E-state index contributed by atoms with van der Waals surface area (Å²) in [6, 6.07) is 35.9. The molecule has 0 bridgehead atoms. The van der Waals surface area contributed by atoms with Crippen LogP contribution in [0.5, 0.6) is 34.5 Å². The first-order valence-electron chi connectivity index (χ1n) is 13.8. The smallest absolute Gasteiger partial charge is 0.131 e. The van der Waals surface area contributed by atoms with Gasteiger partial charge in [-0.15, -0.1) is 0 Å². The van der Waals surface area contributed by atoms with Gasteiger partial charge in [-0.05, 0) is 115 Å². The largest absolute Gasteiger partial charge is 0.457 e. The van der Waals surface area contributed by atoms with Crippen LogP contribution in [0.1, 0.15) is 44.5 Å². The molecule has 5 rings (SSSR count). The van der Waals surface area contributed by atoms with Gasteiger partial charge in [0.05, 0.1) is 34.9 Å². The van der Waals surface area contributed by atoms with Gasteiger partial charge in [0.2, 0.25) is 0 Å². The van der Waals surface area contributed by atoms with Gasteiger partial charge in [-0.25, -0.2) is 0 Å². The van der Waals surface area contributed by atoms with E-state index in [1.54, 1.807) is 30.3 Å². The fraction of sp³-hybridized carbons (Fsp3) is 0.0789. The lowest BCUT2D eigenvalue weighted by Gasteiger charge is -2.12. The third kappa shape index (κ3) is 7.12. The summed E-state index contributed by atoms with van der Waals surface area (Å²) in [6.45, 7) is 5.64. The molecule has 0 fully saturated rings. The molecule has 5 aromatic rings. The maximum atomic E-state index is 9.45. The topological polar surface area (TPSA) is 99.1 Å². The molecule has 0 heterocycles. The summed E-state index contributed by atoms with van der Waals surface area (Å²) >= 11 is 0. The van der Waals surface area contributed by atoms with E-state index in [0.717, 1.165) is 27.8 Å². The van der Waals surface area contributed by atoms with Crippen molar-refractivity contribution in [3.05, 3.63) is 142 Å². The molecule has 0 spiro atoms. The van der Waals surface area contributed by atoms with Crippen LogP contribution < -0.4 is 14.2 Å². The van der Waals surface area contributed by atoms with Crippen molar-refractivity contribution in [1.82, 2.24) is 0 Å². The first-order chi connectivity index (χ1) is 21.3. The standard InChI is InChI=1S/C38H27N3O3/c1-25-4-11-35(19-31(25)23-40)42-33-13-8-28(9-14-33)6-7-29-17-37(43-34-15-10-30(22-39)27(3)16-34)21-38(18-29)44-36-12-5-26(2)32(20-36)24-41/h4-21H,1-3H3/b7-6+. The highest BCUT2D eigenvalue weighted by Gasteiger charge is 2.08. The van der Waals surface area contributed by atoms with Crippen molar-refractivity contribution in [2.24, 2.45) is 0 Å². The van der Waals surface area contributed by atoms with Gasteiger partial charge in [0.15, 0.2) is 0 Å². The van der Waals surface area contributed by atoms with E-state index in [1.807, 2.05) is 99.7 Å². The number of nitriles is 3. The van der Waals surface area contributed by atoms with Crippen LogP contribution in [0.25, 0.3) is 12.2 Å². The summed E-state index contributed by atoms with van der Waals surface area (Å²) in [7, 11) is 0. The van der Waals surface area contributed by atoms with Gasteiger partial charge in [-0.3, -0.25) is 0 Å². The van der Waals surface area contributed by atoms with Crippen molar-refractivity contribution in [2.75, 3.05) is 0 Å². The summed E-state index contributed by atoms with van der Waals surface area (Å²) in [5.41, 5.74) is 6.10. The van der Waals surface area contributed by atoms with E-state index in [-0.39, 0.29) is 0 Å². The Bertz CT molecular complexity index is 2010. The minimum atomic E-state index is 0.541. The molecule has 212 valence electrons. The number of hydrogen-bond donors (Lipinski definition) is 0. The SMILES string of the molecule is Cc1cc(Oc2cc(/C=C/c3ccc(Oc4ccc(C)c(C#N)c4)cc3)cc(Oc3ccc(C)c(C#N)c3)c2)ccc1C#N. The molecule has 0 aliphatic heterocycles. The molecular weight excluding hydrogens is 546 g/mol. The van der Waals surface area contributed by atoms with Crippen molar-refractivity contribution >= 4 is 12.2 Å². The highest BCUT2D eigenvalue weighted by molar-refractivity contribution is 5.71. The predicted octanol–water partition coefficient (Wildman–Crippen LogP) is 9.77. The molecule has 44 heavy (non-hydrogen) atoms. The predicted molar refractivity (Wildman–Crippen MR) is 170 cm³/mol. The minimum Gasteiger partial charge on any atom is -0.457 e. The van der Waals surface area contributed by atoms with Gasteiger partial charge in [0.25, 0.3) is 0 Å². The summed E-state index contributed by atoms with van der Waals surface area (Å²) in [5, 5.41) is 28.0. The molecule has 0 saturated carbocycles. The molecule has 0 N–H and O–H groups in total. The van der Waals surface area contributed by atoms with Crippen LogP contribution in [0, 0.1) is 54.8 Å². The Labute approximate surface area is 256 Å². The van der Waals surface area contributed by atoms with Crippen LogP contribution in [-0.4, -0.2) is 0 Å². The van der Waals surface area contributed by atoms with Crippen molar-refractivity contribution < 1.29 is 14.2 Å². The Hall–Kier alpha value is -6.29. The summed E-state index contributed by atoms with van der Waals surface area (Å²) < 4.78 is 18.3. The van der Waals surface area contributed by atoms with Crippen LogP contribution in [-0.2, 0) is 0 Å². The van der Waals surface area contributed by atoms with Gasteiger partial charge in [-0.1, -0.05) is 36.4 Å². The molecule has 6 nitrogen and oxygen atoms in total. The quantitative estimate of drug-likeness (QED) is 0.171. The minimum absolute atomic E-state index is 0.541. The van der Waals surface area contributed by atoms with Crippen molar-refractivity contribution in [1.29, 1.82) is 15.8 Å². The number of hydrogen-bond acceptors (Lipinski definition) is 6. The number of benzene rings is 5. The van der Waals surface area contributed by atoms with Gasteiger partial charge in [0, 0.05) is 6.07 Å². The Morgan fingerprint density at radius 1 is 0.409 bits per heavy atom.